The average molecular weight is 422 g/mol. The molecule has 1 atom stereocenters. The molecule has 1 fully saturated rings. The van der Waals surface area contributed by atoms with Crippen molar-refractivity contribution in [2.75, 3.05) is 13.9 Å². The van der Waals surface area contributed by atoms with Gasteiger partial charge in [-0.15, -0.1) is 0 Å². The molecule has 10 heteroatoms. The third-order valence-corrected chi connectivity index (χ3v) is 5.33. The summed E-state index contributed by atoms with van der Waals surface area (Å²) in [6.45, 7) is 1.60. The van der Waals surface area contributed by atoms with E-state index in [-0.39, 0.29) is 19.2 Å². The monoisotopic (exact) mass is 422 g/mol. The van der Waals surface area contributed by atoms with Crippen LogP contribution < -0.4 is 19.5 Å². The van der Waals surface area contributed by atoms with E-state index in [1.165, 1.54) is 0 Å². The van der Waals surface area contributed by atoms with Crippen LogP contribution in [0.3, 0.4) is 0 Å². The number of nitrogens with one attached hydrogen (secondary N) is 1. The van der Waals surface area contributed by atoms with Crippen LogP contribution in [0.1, 0.15) is 18.4 Å². The minimum absolute atomic E-state index is 0.119. The predicted molar refractivity (Wildman–Crippen MR) is 105 cm³/mol. The summed E-state index contributed by atoms with van der Waals surface area (Å²) in [5.41, 5.74) is -0.0379. The van der Waals surface area contributed by atoms with E-state index in [0.717, 1.165) is 4.90 Å². The number of urea groups is 1. The summed E-state index contributed by atoms with van der Waals surface area (Å²) in [6, 6.07) is 11.8. The summed E-state index contributed by atoms with van der Waals surface area (Å²) in [7, 11) is 1.55. The Morgan fingerprint density at radius 2 is 1.97 bits per heavy atom. The van der Waals surface area contributed by atoms with E-state index in [1.807, 2.05) is 12.1 Å². The Morgan fingerprint density at radius 1 is 1.16 bits per heavy atom. The molecule has 3 heterocycles. The van der Waals surface area contributed by atoms with E-state index < -0.39 is 17.5 Å². The van der Waals surface area contributed by atoms with E-state index in [0.29, 0.717) is 34.2 Å². The molecule has 3 aromatic rings. The van der Waals surface area contributed by atoms with E-state index in [4.69, 9.17) is 18.7 Å². The number of benzene rings is 2. The molecule has 0 radical (unpaired) electrons. The van der Waals surface area contributed by atoms with Crippen LogP contribution in [0.4, 0.5) is 4.79 Å². The number of amides is 3. The van der Waals surface area contributed by atoms with E-state index in [1.54, 1.807) is 44.4 Å². The zero-order valence-electron chi connectivity index (χ0n) is 16.7. The quantitative estimate of drug-likeness (QED) is 0.624. The number of ether oxygens (including phenoxy) is 3. The van der Waals surface area contributed by atoms with Gasteiger partial charge in [-0.2, -0.15) is 4.98 Å². The van der Waals surface area contributed by atoms with E-state index in [9.17, 15) is 9.59 Å². The van der Waals surface area contributed by atoms with Gasteiger partial charge in [0, 0.05) is 0 Å². The highest BCUT2D eigenvalue weighted by Crippen LogP contribution is 2.38. The Kier molecular flexibility index (Phi) is 4.28. The standard InChI is InChI=1S/C21H18N4O6/c1-21(12-7-8-15-16(9-12)30-11-29-15)19(26)25(20(27)23-21)10-17-22-18(24-31-17)13-5-3-4-6-14(13)28-2/h3-9H,10-11H2,1-2H3,(H,23,27)/t21-/m0/s1. The van der Waals surface area contributed by atoms with Gasteiger partial charge in [-0.05, 0) is 36.8 Å². The fourth-order valence-corrected chi connectivity index (χ4v) is 3.64. The molecule has 1 N–H and O–H groups in total. The Morgan fingerprint density at radius 3 is 2.81 bits per heavy atom. The maximum Gasteiger partial charge on any atom is 0.325 e. The molecule has 3 amide bonds. The largest absolute Gasteiger partial charge is 0.496 e. The van der Waals surface area contributed by atoms with Crippen molar-refractivity contribution in [2.24, 2.45) is 0 Å². The zero-order valence-corrected chi connectivity index (χ0v) is 16.7. The molecular formula is C21H18N4O6. The summed E-state index contributed by atoms with van der Waals surface area (Å²) in [5.74, 6) is 1.69. The van der Waals surface area contributed by atoms with Crippen molar-refractivity contribution in [1.29, 1.82) is 0 Å². The van der Waals surface area contributed by atoms with Gasteiger partial charge in [0.25, 0.3) is 5.91 Å². The van der Waals surface area contributed by atoms with Gasteiger partial charge in [0.1, 0.15) is 17.8 Å². The third kappa shape index (κ3) is 3.03. The lowest BCUT2D eigenvalue weighted by Crippen LogP contribution is -2.40. The molecule has 2 aromatic carbocycles. The topological polar surface area (TPSA) is 116 Å². The van der Waals surface area contributed by atoms with Gasteiger partial charge >= 0.3 is 6.03 Å². The van der Waals surface area contributed by atoms with Crippen LogP contribution in [-0.2, 0) is 16.9 Å². The van der Waals surface area contributed by atoms with Crippen molar-refractivity contribution in [3.63, 3.8) is 0 Å². The number of para-hydroxylation sites is 1. The number of hydrogen-bond acceptors (Lipinski definition) is 8. The van der Waals surface area contributed by atoms with Crippen LogP contribution in [0.15, 0.2) is 47.0 Å². The number of rotatable bonds is 5. The third-order valence-electron chi connectivity index (χ3n) is 5.33. The number of carbonyl (C=O) groups excluding carboxylic acids is 2. The van der Waals surface area contributed by atoms with Gasteiger partial charge in [0.15, 0.2) is 11.5 Å². The normalized spacial score (nSPS) is 19.6. The first-order valence-electron chi connectivity index (χ1n) is 9.50. The van der Waals surface area contributed by atoms with Crippen molar-refractivity contribution in [2.45, 2.75) is 19.0 Å². The van der Waals surface area contributed by atoms with Crippen LogP contribution in [0.5, 0.6) is 17.2 Å². The maximum atomic E-state index is 13.2. The van der Waals surface area contributed by atoms with Gasteiger partial charge < -0.3 is 24.1 Å². The van der Waals surface area contributed by atoms with E-state index >= 15 is 0 Å². The smallest absolute Gasteiger partial charge is 0.325 e. The van der Waals surface area contributed by atoms with Gasteiger partial charge in [-0.25, -0.2) is 4.79 Å². The van der Waals surface area contributed by atoms with Crippen LogP contribution in [0, 0.1) is 0 Å². The Labute approximate surface area is 176 Å². The second kappa shape index (κ2) is 7.01. The number of nitrogens with zero attached hydrogens (tertiary/aromatic N) is 3. The lowest BCUT2D eigenvalue weighted by atomic mass is 9.91. The van der Waals surface area contributed by atoms with Crippen molar-refractivity contribution in [3.8, 4) is 28.6 Å². The zero-order chi connectivity index (χ0) is 21.6. The molecule has 0 aliphatic carbocycles. The van der Waals surface area contributed by atoms with Gasteiger partial charge in [-0.3, -0.25) is 9.69 Å². The minimum atomic E-state index is -1.26. The fourth-order valence-electron chi connectivity index (χ4n) is 3.64. The van der Waals surface area contributed by atoms with Crippen LogP contribution in [-0.4, -0.2) is 40.9 Å². The highest BCUT2D eigenvalue weighted by molar-refractivity contribution is 6.07. The summed E-state index contributed by atoms with van der Waals surface area (Å²) in [5, 5.41) is 6.70. The van der Waals surface area contributed by atoms with Crippen LogP contribution in [0.2, 0.25) is 0 Å². The lowest BCUT2D eigenvalue weighted by Gasteiger charge is -2.22. The molecule has 2 aliphatic heterocycles. The number of fused-ring (bicyclic) bond motifs is 1. The molecule has 0 saturated carbocycles. The first kappa shape index (κ1) is 18.9. The fraction of sp³-hybridized carbons (Fsp3) is 0.238. The summed E-state index contributed by atoms with van der Waals surface area (Å²) >= 11 is 0. The average Bonchev–Trinajstić information content (AvgIpc) is 3.49. The number of hydrogen-bond donors (Lipinski definition) is 1. The summed E-state index contributed by atoms with van der Waals surface area (Å²) in [4.78, 5) is 31.2. The van der Waals surface area contributed by atoms with E-state index in [2.05, 4.69) is 15.5 Å². The van der Waals surface area contributed by atoms with Crippen LogP contribution in [0.25, 0.3) is 11.4 Å². The second-order valence-corrected chi connectivity index (χ2v) is 7.23. The molecule has 31 heavy (non-hydrogen) atoms. The van der Waals surface area contributed by atoms with Crippen molar-refractivity contribution < 1.29 is 28.3 Å². The van der Waals surface area contributed by atoms with Gasteiger partial charge in [0.05, 0.1) is 12.7 Å². The Balaban J connectivity index is 1.39. The molecule has 5 rings (SSSR count). The van der Waals surface area contributed by atoms with Gasteiger partial charge in [-0.1, -0.05) is 23.4 Å². The van der Waals surface area contributed by atoms with Gasteiger partial charge in [0.2, 0.25) is 18.5 Å². The first-order valence-corrected chi connectivity index (χ1v) is 9.50. The first-order chi connectivity index (χ1) is 15.0. The molecule has 10 nitrogen and oxygen atoms in total. The van der Waals surface area contributed by atoms with Crippen LogP contribution >= 0.6 is 0 Å². The molecule has 2 aliphatic rings. The predicted octanol–water partition coefficient (Wildman–Crippen LogP) is 2.44. The number of carbonyl (C=O) groups is 2. The highest BCUT2D eigenvalue weighted by Gasteiger charge is 2.49. The van der Waals surface area contributed by atoms with Crippen molar-refractivity contribution in [3.05, 3.63) is 53.9 Å². The molecule has 158 valence electrons. The van der Waals surface area contributed by atoms with Crippen molar-refractivity contribution >= 4 is 11.9 Å². The summed E-state index contributed by atoms with van der Waals surface area (Å²) in [6.07, 6.45) is 0. The number of aromatic nitrogens is 2. The molecule has 0 unspecified atom stereocenters. The molecular weight excluding hydrogens is 404 g/mol. The lowest BCUT2D eigenvalue weighted by molar-refractivity contribution is -0.131. The van der Waals surface area contributed by atoms with Crippen molar-refractivity contribution in [1.82, 2.24) is 20.4 Å². The molecule has 1 aromatic heterocycles. The molecule has 1 saturated heterocycles. The second-order valence-electron chi connectivity index (χ2n) is 7.23. The Bertz CT molecular complexity index is 1190. The maximum absolute atomic E-state index is 13.2. The molecule has 0 bridgehead atoms. The Hall–Kier alpha value is -4.08. The molecule has 0 spiro atoms. The number of imide groups is 1. The highest BCUT2D eigenvalue weighted by atomic mass is 16.7. The summed E-state index contributed by atoms with van der Waals surface area (Å²) < 4.78 is 21.3. The number of methoxy groups -OCH3 is 1. The SMILES string of the molecule is COc1ccccc1-c1noc(CN2C(=O)N[C@@](C)(c3ccc4c(c3)OCO4)C2=O)n1. The minimum Gasteiger partial charge on any atom is -0.496 e.